The molecular weight excluding hydrogens is 380 g/mol. The number of amides is 2. The van der Waals surface area contributed by atoms with Crippen LogP contribution in [0.15, 0.2) is 48.5 Å². The summed E-state index contributed by atoms with van der Waals surface area (Å²) < 4.78 is 4.67. The largest absolute Gasteiger partial charge is 0.465 e. The molecule has 2 aromatic carbocycles. The molecule has 6 heteroatoms. The van der Waals surface area contributed by atoms with E-state index >= 15 is 0 Å². The van der Waals surface area contributed by atoms with Crippen molar-refractivity contribution >= 4 is 17.8 Å². The molecule has 0 bridgehead atoms. The summed E-state index contributed by atoms with van der Waals surface area (Å²) in [6, 6.07) is 15.3. The second kappa shape index (κ2) is 10.6. The van der Waals surface area contributed by atoms with E-state index < -0.39 is 0 Å². The van der Waals surface area contributed by atoms with Crippen LogP contribution in [0.4, 0.5) is 0 Å². The summed E-state index contributed by atoms with van der Waals surface area (Å²) in [5.74, 6) is -0.265. The minimum atomic E-state index is -0.373. The second-order valence-corrected chi connectivity index (χ2v) is 7.48. The molecule has 2 aromatic rings. The number of esters is 1. The van der Waals surface area contributed by atoms with Gasteiger partial charge in [0.2, 0.25) is 11.8 Å². The Morgan fingerprint density at radius 3 is 2.47 bits per heavy atom. The number of hydrogen-bond acceptors (Lipinski definition) is 4. The Morgan fingerprint density at radius 2 is 1.73 bits per heavy atom. The van der Waals surface area contributed by atoms with E-state index in [1.165, 1.54) is 18.2 Å². The van der Waals surface area contributed by atoms with Crippen molar-refractivity contribution in [1.82, 2.24) is 10.2 Å². The Morgan fingerprint density at radius 1 is 1.00 bits per heavy atom. The summed E-state index contributed by atoms with van der Waals surface area (Å²) in [5.41, 5.74) is 4.03. The van der Waals surface area contributed by atoms with Gasteiger partial charge in [-0.25, -0.2) is 4.79 Å². The third-order valence-corrected chi connectivity index (χ3v) is 5.39. The van der Waals surface area contributed by atoms with Crippen LogP contribution in [0.2, 0.25) is 0 Å². The van der Waals surface area contributed by atoms with Crippen molar-refractivity contribution in [3.8, 4) is 0 Å². The van der Waals surface area contributed by atoms with Crippen molar-refractivity contribution in [3.63, 3.8) is 0 Å². The third-order valence-electron chi connectivity index (χ3n) is 5.39. The first-order valence-corrected chi connectivity index (χ1v) is 10.4. The van der Waals surface area contributed by atoms with Crippen molar-refractivity contribution in [2.75, 3.05) is 20.2 Å². The van der Waals surface area contributed by atoms with Crippen LogP contribution in [0.25, 0.3) is 0 Å². The van der Waals surface area contributed by atoms with Crippen LogP contribution < -0.4 is 5.32 Å². The lowest BCUT2D eigenvalue weighted by Crippen LogP contribution is -2.36. The molecule has 158 valence electrons. The predicted molar refractivity (Wildman–Crippen MR) is 114 cm³/mol. The number of benzene rings is 2. The SMILES string of the molecule is COC(=O)c1ccc(CCC(=O)NCCCC(=O)N2CCc3ccccc3C2)cc1. The molecule has 1 aliphatic heterocycles. The maximum Gasteiger partial charge on any atom is 0.337 e. The van der Waals surface area contributed by atoms with Gasteiger partial charge in [0.25, 0.3) is 0 Å². The van der Waals surface area contributed by atoms with Gasteiger partial charge in [-0.1, -0.05) is 36.4 Å². The number of nitrogens with zero attached hydrogens (tertiary/aromatic N) is 1. The average Bonchev–Trinajstić information content (AvgIpc) is 2.79. The highest BCUT2D eigenvalue weighted by molar-refractivity contribution is 5.89. The lowest BCUT2D eigenvalue weighted by Gasteiger charge is -2.29. The molecule has 30 heavy (non-hydrogen) atoms. The lowest BCUT2D eigenvalue weighted by molar-refractivity contribution is -0.132. The number of rotatable bonds is 8. The predicted octanol–water partition coefficient (Wildman–Crippen LogP) is 2.89. The van der Waals surface area contributed by atoms with Crippen molar-refractivity contribution in [2.45, 2.75) is 38.6 Å². The third kappa shape index (κ3) is 5.92. The zero-order valence-corrected chi connectivity index (χ0v) is 17.4. The van der Waals surface area contributed by atoms with Gasteiger partial charge in [-0.15, -0.1) is 0 Å². The normalized spacial score (nSPS) is 12.8. The highest BCUT2D eigenvalue weighted by Gasteiger charge is 2.19. The van der Waals surface area contributed by atoms with E-state index in [0.717, 1.165) is 18.5 Å². The van der Waals surface area contributed by atoms with Gasteiger partial charge >= 0.3 is 5.97 Å². The zero-order valence-electron chi connectivity index (χ0n) is 17.4. The first-order valence-electron chi connectivity index (χ1n) is 10.4. The molecule has 1 heterocycles. The molecule has 0 saturated heterocycles. The van der Waals surface area contributed by atoms with E-state index in [2.05, 4.69) is 22.2 Å². The highest BCUT2D eigenvalue weighted by atomic mass is 16.5. The van der Waals surface area contributed by atoms with Crippen LogP contribution in [0.3, 0.4) is 0 Å². The number of hydrogen-bond donors (Lipinski definition) is 1. The summed E-state index contributed by atoms with van der Waals surface area (Å²) in [7, 11) is 1.35. The van der Waals surface area contributed by atoms with Gasteiger partial charge in [-0.05, 0) is 48.1 Å². The lowest BCUT2D eigenvalue weighted by atomic mass is 9.99. The van der Waals surface area contributed by atoms with Gasteiger partial charge in [0, 0.05) is 32.5 Å². The van der Waals surface area contributed by atoms with E-state index in [9.17, 15) is 14.4 Å². The fourth-order valence-corrected chi connectivity index (χ4v) is 3.61. The Hall–Kier alpha value is -3.15. The number of aryl methyl sites for hydroxylation is 1. The fraction of sp³-hybridized carbons (Fsp3) is 0.375. The number of nitrogens with one attached hydrogen (secondary N) is 1. The molecule has 0 radical (unpaired) electrons. The molecule has 2 amide bonds. The van der Waals surface area contributed by atoms with E-state index in [1.54, 1.807) is 12.1 Å². The van der Waals surface area contributed by atoms with Gasteiger partial charge < -0.3 is 15.0 Å². The van der Waals surface area contributed by atoms with Gasteiger partial charge in [0.1, 0.15) is 0 Å². The Bertz CT molecular complexity index is 892. The minimum Gasteiger partial charge on any atom is -0.465 e. The Kier molecular flexibility index (Phi) is 7.60. The average molecular weight is 408 g/mol. The topological polar surface area (TPSA) is 75.7 Å². The number of fused-ring (bicyclic) bond motifs is 1. The molecule has 0 fully saturated rings. The maximum absolute atomic E-state index is 12.4. The molecular formula is C24H28N2O4. The molecule has 1 N–H and O–H groups in total. The van der Waals surface area contributed by atoms with Crippen LogP contribution >= 0.6 is 0 Å². The van der Waals surface area contributed by atoms with Crippen LogP contribution in [0.1, 0.15) is 46.3 Å². The minimum absolute atomic E-state index is 0.0357. The van der Waals surface area contributed by atoms with E-state index in [0.29, 0.717) is 44.3 Å². The molecule has 0 atom stereocenters. The molecule has 6 nitrogen and oxygen atoms in total. The molecule has 0 aliphatic carbocycles. The number of ether oxygens (including phenoxy) is 1. The van der Waals surface area contributed by atoms with Crippen molar-refractivity contribution < 1.29 is 19.1 Å². The Balaban J connectivity index is 1.32. The standard InChI is InChI=1S/C24H28N2O4/c1-30-24(29)20-11-8-18(9-12-20)10-13-22(27)25-15-4-7-23(28)26-16-14-19-5-2-3-6-21(19)17-26/h2-3,5-6,8-9,11-12H,4,7,10,13-17H2,1H3,(H,25,27). The van der Waals surface area contributed by atoms with Crippen LogP contribution in [0.5, 0.6) is 0 Å². The first-order chi connectivity index (χ1) is 14.6. The quantitative estimate of drug-likeness (QED) is 0.538. The first kappa shape index (κ1) is 21.6. The molecule has 3 rings (SSSR count). The summed E-state index contributed by atoms with van der Waals surface area (Å²) in [6.07, 6.45) is 2.95. The molecule has 0 spiro atoms. The van der Waals surface area contributed by atoms with Crippen LogP contribution in [-0.2, 0) is 33.7 Å². The molecule has 1 aliphatic rings. The highest BCUT2D eigenvalue weighted by Crippen LogP contribution is 2.19. The summed E-state index contributed by atoms with van der Waals surface area (Å²) in [4.78, 5) is 37.8. The smallest absolute Gasteiger partial charge is 0.337 e. The van der Waals surface area contributed by atoms with Crippen LogP contribution in [-0.4, -0.2) is 42.9 Å². The van der Waals surface area contributed by atoms with E-state index in [-0.39, 0.29) is 17.8 Å². The van der Waals surface area contributed by atoms with Gasteiger partial charge in [-0.3, -0.25) is 9.59 Å². The summed E-state index contributed by atoms with van der Waals surface area (Å²) >= 11 is 0. The number of carbonyl (C=O) groups excluding carboxylic acids is 3. The van der Waals surface area contributed by atoms with Gasteiger partial charge in [0.15, 0.2) is 0 Å². The van der Waals surface area contributed by atoms with Crippen molar-refractivity contribution in [2.24, 2.45) is 0 Å². The second-order valence-electron chi connectivity index (χ2n) is 7.48. The zero-order chi connectivity index (χ0) is 21.3. The molecule has 0 aromatic heterocycles. The van der Waals surface area contributed by atoms with Crippen molar-refractivity contribution in [1.29, 1.82) is 0 Å². The molecule has 0 saturated carbocycles. The van der Waals surface area contributed by atoms with Crippen molar-refractivity contribution in [3.05, 3.63) is 70.8 Å². The number of carbonyl (C=O) groups is 3. The van der Waals surface area contributed by atoms with Gasteiger partial charge in [-0.2, -0.15) is 0 Å². The Labute approximate surface area is 177 Å². The van der Waals surface area contributed by atoms with E-state index in [4.69, 9.17) is 0 Å². The summed E-state index contributed by atoms with van der Waals surface area (Å²) in [6.45, 7) is 1.93. The van der Waals surface area contributed by atoms with Gasteiger partial charge in [0.05, 0.1) is 12.7 Å². The van der Waals surface area contributed by atoms with Crippen LogP contribution in [0, 0.1) is 0 Å². The molecule has 0 unspecified atom stereocenters. The van der Waals surface area contributed by atoms with E-state index in [1.807, 2.05) is 29.2 Å². The fourth-order valence-electron chi connectivity index (χ4n) is 3.61. The number of methoxy groups -OCH3 is 1. The maximum atomic E-state index is 12.4. The monoisotopic (exact) mass is 408 g/mol. The summed E-state index contributed by atoms with van der Waals surface area (Å²) in [5, 5.41) is 2.88.